The van der Waals surface area contributed by atoms with E-state index in [0.717, 1.165) is 19.0 Å². The zero-order chi connectivity index (χ0) is 11.9. The van der Waals surface area contributed by atoms with Gasteiger partial charge in [-0.3, -0.25) is 9.88 Å². The van der Waals surface area contributed by atoms with Crippen LogP contribution in [0, 0.1) is 5.92 Å². The van der Waals surface area contributed by atoms with Crippen molar-refractivity contribution in [2.75, 3.05) is 26.2 Å². The minimum Gasteiger partial charge on any atom is -0.316 e. The second-order valence-corrected chi connectivity index (χ2v) is 4.90. The molecule has 0 saturated carbocycles. The molecule has 1 aromatic heterocycles. The van der Waals surface area contributed by atoms with Crippen molar-refractivity contribution in [1.82, 2.24) is 15.2 Å². The van der Waals surface area contributed by atoms with Crippen LogP contribution in [0.2, 0.25) is 0 Å². The molecule has 0 bridgehead atoms. The fraction of sp³-hybridized carbons (Fsp3) is 0.643. The van der Waals surface area contributed by atoms with Gasteiger partial charge < -0.3 is 5.32 Å². The van der Waals surface area contributed by atoms with Gasteiger partial charge in [-0.1, -0.05) is 6.92 Å². The molecule has 1 aromatic rings. The molecule has 17 heavy (non-hydrogen) atoms. The maximum absolute atomic E-state index is 4.07. The first-order chi connectivity index (χ1) is 8.38. The summed E-state index contributed by atoms with van der Waals surface area (Å²) >= 11 is 0. The van der Waals surface area contributed by atoms with Crippen LogP contribution in [-0.2, 0) is 6.54 Å². The van der Waals surface area contributed by atoms with Gasteiger partial charge in [0.05, 0.1) is 0 Å². The molecule has 0 aliphatic carbocycles. The standard InChI is InChI=1S/C14H23N3/c1-2-17(11-13-5-8-15-9-6-13)12-14-4-3-7-16-10-14/h5-6,8-9,14,16H,2-4,7,10-12H2,1H3/t14-/m0/s1. The van der Waals surface area contributed by atoms with E-state index in [2.05, 4.69) is 34.3 Å². The van der Waals surface area contributed by atoms with Gasteiger partial charge in [0.15, 0.2) is 0 Å². The van der Waals surface area contributed by atoms with Crippen molar-refractivity contribution in [3.05, 3.63) is 30.1 Å². The highest BCUT2D eigenvalue weighted by Crippen LogP contribution is 2.13. The van der Waals surface area contributed by atoms with E-state index in [0.29, 0.717) is 0 Å². The molecule has 2 heterocycles. The molecular formula is C14H23N3. The molecular weight excluding hydrogens is 210 g/mol. The lowest BCUT2D eigenvalue weighted by atomic mass is 9.99. The number of aromatic nitrogens is 1. The number of nitrogens with one attached hydrogen (secondary N) is 1. The van der Waals surface area contributed by atoms with E-state index in [1.165, 1.54) is 38.0 Å². The summed E-state index contributed by atoms with van der Waals surface area (Å²) in [6.45, 7) is 8.03. The van der Waals surface area contributed by atoms with Gasteiger partial charge in [0.2, 0.25) is 0 Å². The van der Waals surface area contributed by atoms with E-state index in [1.54, 1.807) is 0 Å². The third-order valence-corrected chi connectivity index (χ3v) is 3.52. The average Bonchev–Trinajstić information content (AvgIpc) is 2.40. The smallest absolute Gasteiger partial charge is 0.0271 e. The molecule has 94 valence electrons. The molecule has 1 saturated heterocycles. The second kappa shape index (κ2) is 6.72. The molecule has 1 atom stereocenters. The van der Waals surface area contributed by atoms with E-state index in [4.69, 9.17) is 0 Å². The normalized spacial score (nSPS) is 20.7. The third kappa shape index (κ3) is 4.10. The minimum absolute atomic E-state index is 0.825. The summed E-state index contributed by atoms with van der Waals surface area (Å²) in [6.07, 6.45) is 6.47. The maximum Gasteiger partial charge on any atom is 0.0271 e. The first kappa shape index (κ1) is 12.5. The van der Waals surface area contributed by atoms with Crippen molar-refractivity contribution in [3.8, 4) is 0 Å². The highest BCUT2D eigenvalue weighted by molar-refractivity contribution is 5.09. The molecule has 0 spiro atoms. The molecule has 1 aliphatic rings. The van der Waals surface area contributed by atoms with E-state index in [1.807, 2.05) is 12.4 Å². The van der Waals surface area contributed by atoms with Gasteiger partial charge >= 0.3 is 0 Å². The van der Waals surface area contributed by atoms with Crippen LogP contribution in [0.25, 0.3) is 0 Å². The fourth-order valence-electron chi connectivity index (χ4n) is 2.50. The Hall–Kier alpha value is -0.930. The quantitative estimate of drug-likeness (QED) is 0.842. The van der Waals surface area contributed by atoms with Crippen LogP contribution in [0.15, 0.2) is 24.5 Å². The molecule has 0 amide bonds. The Morgan fingerprint density at radius 1 is 1.41 bits per heavy atom. The number of hydrogen-bond donors (Lipinski definition) is 1. The van der Waals surface area contributed by atoms with E-state index < -0.39 is 0 Å². The number of hydrogen-bond acceptors (Lipinski definition) is 3. The van der Waals surface area contributed by atoms with Crippen LogP contribution in [-0.4, -0.2) is 36.1 Å². The molecule has 1 aliphatic heterocycles. The Labute approximate surface area is 104 Å². The molecule has 0 unspecified atom stereocenters. The Morgan fingerprint density at radius 3 is 2.88 bits per heavy atom. The summed E-state index contributed by atoms with van der Waals surface area (Å²) < 4.78 is 0. The Morgan fingerprint density at radius 2 is 2.24 bits per heavy atom. The predicted molar refractivity (Wildman–Crippen MR) is 70.8 cm³/mol. The maximum atomic E-state index is 4.07. The number of rotatable bonds is 5. The van der Waals surface area contributed by atoms with Gasteiger partial charge in [-0.2, -0.15) is 0 Å². The Bertz CT molecular complexity index is 307. The topological polar surface area (TPSA) is 28.2 Å². The lowest BCUT2D eigenvalue weighted by molar-refractivity contribution is 0.209. The molecule has 3 heteroatoms. The average molecular weight is 233 g/mol. The second-order valence-electron chi connectivity index (χ2n) is 4.90. The minimum atomic E-state index is 0.825. The van der Waals surface area contributed by atoms with Crippen LogP contribution in [0.4, 0.5) is 0 Å². The largest absolute Gasteiger partial charge is 0.316 e. The molecule has 0 aromatic carbocycles. The van der Waals surface area contributed by atoms with Crippen molar-refractivity contribution in [1.29, 1.82) is 0 Å². The van der Waals surface area contributed by atoms with Crippen LogP contribution >= 0.6 is 0 Å². The number of pyridine rings is 1. The van der Waals surface area contributed by atoms with Gasteiger partial charge in [0.1, 0.15) is 0 Å². The van der Waals surface area contributed by atoms with Crippen molar-refractivity contribution >= 4 is 0 Å². The number of nitrogens with zero attached hydrogens (tertiary/aromatic N) is 2. The van der Waals surface area contributed by atoms with Gasteiger partial charge in [0.25, 0.3) is 0 Å². The monoisotopic (exact) mass is 233 g/mol. The van der Waals surface area contributed by atoms with Gasteiger partial charge in [-0.05, 0) is 56.1 Å². The lowest BCUT2D eigenvalue weighted by Crippen LogP contribution is -2.38. The van der Waals surface area contributed by atoms with Crippen molar-refractivity contribution in [2.24, 2.45) is 5.92 Å². The lowest BCUT2D eigenvalue weighted by Gasteiger charge is -2.29. The van der Waals surface area contributed by atoms with E-state index >= 15 is 0 Å². The summed E-state index contributed by atoms with van der Waals surface area (Å²) in [5, 5.41) is 3.49. The molecule has 2 rings (SSSR count). The zero-order valence-electron chi connectivity index (χ0n) is 10.7. The van der Waals surface area contributed by atoms with Crippen LogP contribution in [0.3, 0.4) is 0 Å². The first-order valence-electron chi connectivity index (χ1n) is 6.70. The van der Waals surface area contributed by atoms with Crippen molar-refractivity contribution < 1.29 is 0 Å². The van der Waals surface area contributed by atoms with Crippen LogP contribution in [0.5, 0.6) is 0 Å². The Balaban J connectivity index is 1.83. The van der Waals surface area contributed by atoms with Crippen molar-refractivity contribution in [2.45, 2.75) is 26.3 Å². The number of piperidine rings is 1. The molecule has 0 radical (unpaired) electrons. The predicted octanol–water partition coefficient (Wildman–Crippen LogP) is 1.90. The summed E-state index contributed by atoms with van der Waals surface area (Å²) in [4.78, 5) is 6.60. The van der Waals surface area contributed by atoms with Gasteiger partial charge in [0, 0.05) is 25.5 Å². The summed E-state index contributed by atoms with van der Waals surface area (Å²) in [5.74, 6) is 0.825. The van der Waals surface area contributed by atoms with Crippen LogP contribution in [0.1, 0.15) is 25.3 Å². The van der Waals surface area contributed by atoms with Gasteiger partial charge in [-0.15, -0.1) is 0 Å². The summed E-state index contributed by atoms with van der Waals surface area (Å²) in [6, 6.07) is 4.23. The molecule has 3 nitrogen and oxygen atoms in total. The molecule has 1 fully saturated rings. The zero-order valence-corrected chi connectivity index (χ0v) is 10.7. The Kier molecular flexibility index (Phi) is 4.95. The van der Waals surface area contributed by atoms with Crippen LogP contribution < -0.4 is 5.32 Å². The van der Waals surface area contributed by atoms with Crippen molar-refractivity contribution in [3.63, 3.8) is 0 Å². The van der Waals surface area contributed by atoms with E-state index in [-0.39, 0.29) is 0 Å². The SMILES string of the molecule is CCN(Cc1ccncc1)C[C@H]1CCCNC1. The third-order valence-electron chi connectivity index (χ3n) is 3.52. The molecule has 1 N–H and O–H groups in total. The van der Waals surface area contributed by atoms with Gasteiger partial charge in [-0.25, -0.2) is 0 Å². The highest BCUT2D eigenvalue weighted by Gasteiger charge is 2.16. The van der Waals surface area contributed by atoms with E-state index in [9.17, 15) is 0 Å². The first-order valence-corrected chi connectivity index (χ1v) is 6.70. The highest BCUT2D eigenvalue weighted by atomic mass is 15.1. The summed E-state index contributed by atoms with van der Waals surface area (Å²) in [7, 11) is 0. The fourth-order valence-corrected chi connectivity index (χ4v) is 2.50. The summed E-state index contributed by atoms with van der Waals surface area (Å²) in [5.41, 5.74) is 1.37.